The number of nitrogens with one attached hydrogen (secondary N) is 2. The van der Waals surface area contributed by atoms with E-state index in [1.54, 1.807) is 24.3 Å². The number of hydrogen-bond acceptors (Lipinski definition) is 5. The van der Waals surface area contributed by atoms with Gasteiger partial charge in [0, 0.05) is 18.8 Å². The number of anilines is 1. The van der Waals surface area contributed by atoms with Crippen LogP contribution in [0.4, 0.5) is 5.69 Å². The maximum absolute atomic E-state index is 12.4. The summed E-state index contributed by atoms with van der Waals surface area (Å²) in [7, 11) is 1.33. The van der Waals surface area contributed by atoms with E-state index in [2.05, 4.69) is 29.3 Å². The average Bonchev–Trinajstić information content (AvgIpc) is 2.87. The smallest absolute Gasteiger partial charge is 0.337 e. The fourth-order valence-corrected chi connectivity index (χ4v) is 7.53. The number of carbonyl (C=O) groups is 2. The molecule has 2 unspecified atom stereocenters. The van der Waals surface area contributed by atoms with E-state index in [1.165, 1.54) is 51.2 Å². The fourth-order valence-electron chi connectivity index (χ4n) is 7.53. The minimum Gasteiger partial charge on any atom is -0.484 e. The molecule has 4 saturated carbocycles. The van der Waals surface area contributed by atoms with Crippen molar-refractivity contribution in [3.8, 4) is 5.75 Å². The van der Waals surface area contributed by atoms with Crippen molar-refractivity contribution in [2.45, 2.75) is 43.9 Å². The summed E-state index contributed by atoms with van der Waals surface area (Å²) in [6.45, 7) is 5.72. The number of amides is 1. The van der Waals surface area contributed by atoms with E-state index >= 15 is 0 Å². The lowest BCUT2D eigenvalue weighted by molar-refractivity contribution is -0.118. The van der Waals surface area contributed by atoms with Crippen LogP contribution in [0.25, 0.3) is 0 Å². The number of benzene rings is 2. The highest BCUT2D eigenvalue weighted by molar-refractivity contribution is 5.95. The second-order valence-corrected chi connectivity index (χ2v) is 11.1. The van der Waals surface area contributed by atoms with Gasteiger partial charge in [-0.3, -0.25) is 4.79 Å². The van der Waals surface area contributed by atoms with E-state index in [0.717, 1.165) is 24.9 Å². The molecule has 0 radical (unpaired) electrons. The average molecular weight is 489 g/mol. The molecule has 0 aromatic heterocycles. The molecule has 4 fully saturated rings. The summed E-state index contributed by atoms with van der Waals surface area (Å²) in [6.07, 6.45) is 9.89. The first-order chi connectivity index (χ1) is 17.4. The van der Waals surface area contributed by atoms with Crippen molar-refractivity contribution in [3.05, 3.63) is 72.3 Å². The molecular weight excluding hydrogens is 452 g/mol. The van der Waals surface area contributed by atoms with Gasteiger partial charge in [-0.05, 0) is 97.1 Å². The number of esters is 1. The van der Waals surface area contributed by atoms with Crippen LogP contribution in [-0.4, -0.2) is 38.7 Å². The van der Waals surface area contributed by atoms with Crippen LogP contribution in [0.1, 0.15) is 54.4 Å². The van der Waals surface area contributed by atoms with Crippen molar-refractivity contribution >= 4 is 17.6 Å². The minimum atomic E-state index is -0.444. The molecule has 6 heteroatoms. The normalized spacial score (nSPS) is 27.9. The van der Waals surface area contributed by atoms with Crippen LogP contribution in [0, 0.1) is 17.3 Å². The van der Waals surface area contributed by atoms with Crippen molar-refractivity contribution in [1.29, 1.82) is 0 Å². The third-order valence-electron chi connectivity index (χ3n) is 8.37. The number of hydrogen-bond donors (Lipinski definition) is 2. The van der Waals surface area contributed by atoms with Crippen LogP contribution in [0.15, 0.2) is 61.2 Å². The predicted molar refractivity (Wildman–Crippen MR) is 140 cm³/mol. The Morgan fingerprint density at radius 3 is 2.53 bits per heavy atom. The third-order valence-corrected chi connectivity index (χ3v) is 8.37. The Bertz CT molecular complexity index is 1110. The molecule has 2 aromatic carbocycles. The molecule has 2 aromatic rings. The van der Waals surface area contributed by atoms with Crippen molar-refractivity contribution in [1.82, 2.24) is 5.32 Å². The van der Waals surface area contributed by atoms with Gasteiger partial charge in [-0.15, -0.1) is 6.58 Å². The van der Waals surface area contributed by atoms with Crippen molar-refractivity contribution in [3.63, 3.8) is 0 Å². The maximum atomic E-state index is 12.4. The zero-order valence-electron chi connectivity index (χ0n) is 21.1. The summed E-state index contributed by atoms with van der Waals surface area (Å²) in [5.74, 6) is 1.61. The lowest BCUT2D eigenvalue weighted by atomic mass is 9.43. The van der Waals surface area contributed by atoms with Gasteiger partial charge >= 0.3 is 5.97 Å². The van der Waals surface area contributed by atoms with E-state index in [1.807, 2.05) is 18.2 Å². The molecule has 4 bridgehead atoms. The van der Waals surface area contributed by atoms with Gasteiger partial charge in [0.05, 0.1) is 12.7 Å². The Hall–Kier alpha value is -3.12. The molecule has 2 N–H and O–H groups in total. The van der Waals surface area contributed by atoms with Crippen LogP contribution in [0.2, 0.25) is 0 Å². The molecule has 6 rings (SSSR count). The number of ether oxygens (including phenoxy) is 2. The standard InChI is InChI=1S/C30H36N2O4/c1-3-11-31-20-29-14-21-12-22(15-29)17-30(16-21,19-29)24-7-9-26(10-8-24)36-18-27(33)32-25-6-4-5-23(13-25)28(34)35-2/h3-10,13,21-22,31H,1,11-12,14-20H2,2H3,(H,32,33). The first-order valence-electron chi connectivity index (χ1n) is 13.0. The lowest BCUT2D eigenvalue weighted by Crippen LogP contribution is -2.56. The molecule has 190 valence electrons. The summed E-state index contributed by atoms with van der Waals surface area (Å²) in [6, 6.07) is 15.1. The van der Waals surface area contributed by atoms with E-state index in [9.17, 15) is 9.59 Å². The largest absolute Gasteiger partial charge is 0.484 e. The summed E-state index contributed by atoms with van der Waals surface area (Å²) in [5, 5.41) is 6.40. The highest BCUT2D eigenvalue weighted by Gasteiger charge is 2.57. The van der Waals surface area contributed by atoms with Gasteiger partial charge in [-0.25, -0.2) is 4.79 Å². The van der Waals surface area contributed by atoms with Crippen LogP contribution in [0.5, 0.6) is 5.75 Å². The summed E-state index contributed by atoms with van der Waals surface area (Å²) >= 11 is 0. The molecule has 0 aliphatic heterocycles. The van der Waals surface area contributed by atoms with Crippen LogP contribution in [-0.2, 0) is 14.9 Å². The van der Waals surface area contributed by atoms with E-state index in [0.29, 0.717) is 22.4 Å². The van der Waals surface area contributed by atoms with Gasteiger partial charge in [0.15, 0.2) is 6.61 Å². The van der Waals surface area contributed by atoms with E-state index in [-0.39, 0.29) is 17.9 Å². The number of methoxy groups -OCH3 is 1. The quantitative estimate of drug-likeness (QED) is 0.276. The zero-order chi connectivity index (χ0) is 25.2. The monoisotopic (exact) mass is 488 g/mol. The molecule has 0 saturated heterocycles. The van der Waals surface area contributed by atoms with Gasteiger partial charge in [-0.1, -0.05) is 24.3 Å². The minimum absolute atomic E-state index is 0.102. The van der Waals surface area contributed by atoms with E-state index in [4.69, 9.17) is 9.47 Å². The van der Waals surface area contributed by atoms with Crippen molar-refractivity contribution in [2.75, 3.05) is 32.1 Å². The second-order valence-electron chi connectivity index (χ2n) is 11.1. The van der Waals surface area contributed by atoms with Crippen LogP contribution in [0.3, 0.4) is 0 Å². The molecule has 0 heterocycles. The Morgan fingerprint density at radius 2 is 1.83 bits per heavy atom. The first kappa shape index (κ1) is 24.6. The summed E-state index contributed by atoms with van der Waals surface area (Å²) in [4.78, 5) is 24.1. The van der Waals surface area contributed by atoms with E-state index < -0.39 is 5.97 Å². The van der Waals surface area contributed by atoms with Gasteiger partial charge < -0.3 is 20.1 Å². The Kier molecular flexibility index (Phi) is 6.89. The Balaban J connectivity index is 1.20. The highest BCUT2D eigenvalue weighted by atomic mass is 16.5. The molecular formula is C30H36N2O4. The zero-order valence-corrected chi connectivity index (χ0v) is 21.1. The molecule has 6 nitrogen and oxygen atoms in total. The molecule has 0 spiro atoms. The summed E-state index contributed by atoms with van der Waals surface area (Å²) < 4.78 is 10.5. The predicted octanol–water partition coefficient (Wildman–Crippen LogP) is 5.10. The second kappa shape index (κ2) is 10.1. The third kappa shape index (κ3) is 5.05. The van der Waals surface area contributed by atoms with Crippen LogP contribution >= 0.6 is 0 Å². The maximum Gasteiger partial charge on any atom is 0.337 e. The summed E-state index contributed by atoms with van der Waals surface area (Å²) in [5.41, 5.74) is 3.00. The Labute approximate surface area is 213 Å². The number of rotatable bonds is 10. The van der Waals surface area contributed by atoms with Crippen LogP contribution < -0.4 is 15.4 Å². The Morgan fingerprint density at radius 1 is 1.08 bits per heavy atom. The lowest BCUT2D eigenvalue weighted by Gasteiger charge is -2.62. The topological polar surface area (TPSA) is 76.7 Å². The van der Waals surface area contributed by atoms with Gasteiger partial charge in [0.1, 0.15) is 5.75 Å². The highest BCUT2D eigenvalue weighted by Crippen LogP contribution is 2.65. The van der Waals surface area contributed by atoms with Gasteiger partial charge in [-0.2, -0.15) is 0 Å². The van der Waals surface area contributed by atoms with Gasteiger partial charge in [0.25, 0.3) is 5.91 Å². The molecule has 1 amide bonds. The van der Waals surface area contributed by atoms with Crippen molar-refractivity contribution < 1.29 is 19.1 Å². The molecule has 4 aliphatic rings. The molecule has 36 heavy (non-hydrogen) atoms. The molecule has 4 aliphatic carbocycles. The van der Waals surface area contributed by atoms with Gasteiger partial charge in [0.2, 0.25) is 0 Å². The number of carbonyl (C=O) groups excluding carboxylic acids is 2. The molecule has 2 atom stereocenters. The van der Waals surface area contributed by atoms with Crippen molar-refractivity contribution in [2.24, 2.45) is 17.3 Å². The fraction of sp³-hybridized carbons (Fsp3) is 0.467. The first-order valence-corrected chi connectivity index (χ1v) is 13.0. The SMILES string of the molecule is C=CCNCC12CC3CC(C1)CC(c1ccc(OCC(=O)Nc4cccc(C(=O)OC)c4)cc1)(C3)C2.